The van der Waals surface area contributed by atoms with Crippen LogP contribution in [0, 0.1) is 0 Å². The van der Waals surface area contributed by atoms with Gasteiger partial charge in [-0.1, -0.05) is 0 Å². The van der Waals surface area contributed by atoms with E-state index >= 15 is 0 Å². The summed E-state index contributed by atoms with van der Waals surface area (Å²) < 4.78 is 41.2. The van der Waals surface area contributed by atoms with E-state index in [0.29, 0.717) is 32.8 Å². The lowest BCUT2D eigenvalue weighted by atomic mass is 9.98. The summed E-state index contributed by atoms with van der Waals surface area (Å²) in [6.45, 7) is 2.59. The first kappa shape index (κ1) is 22.8. The van der Waals surface area contributed by atoms with Crippen molar-refractivity contribution in [3.05, 3.63) is 0 Å². The Morgan fingerprint density at radius 1 is 1.12 bits per heavy atom. The van der Waals surface area contributed by atoms with Gasteiger partial charge in [0.15, 0.2) is 0 Å². The Hall–Kier alpha value is 1.54. The number of rotatable bonds is 7. The molecule has 2 fully saturated rings. The van der Waals surface area contributed by atoms with Gasteiger partial charge in [0.1, 0.15) is 38.7 Å². The molecule has 140 valence electrons. The normalized spacial score (nSPS) is 34.9. The number of hydrogen-bond donors (Lipinski definition) is 0. The average molecular weight is 595 g/mol. The van der Waals surface area contributed by atoms with Crippen LogP contribution in [0.15, 0.2) is 0 Å². The fourth-order valence-electron chi connectivity index (χ4n) is 2.77. The summed E-state index contributed by atoms with van der Waals surface area (Å²) in [6.07, 6.45) is -0.501. The third-order valence-electron chi connectivity index (χ3n) is 3.86. The standard InChI is InChI=1S/C12H22B2I2N3O5P/c1-17(2)25(20,19-4-10(7-21-16)24-12(14)6-19)22-8-9-3-18(15)5-11(13)23-9/h9-12H,3-8H2,1-2H3. The van der Waals surface area contributed by atoms with Crippen molar-refractivity contribution in [2.45, 2.75) is 24.2 Å². The molecule has 2 heterocycles. The molecule has 2 aliphatic rings. The monoisotopic (exact) mass is 595 g/mol. The lowest BCUT2D eigenvalue weighted by Crippen LogP contribution is -2.50. The molecule has 13 heteroatoms. The van der Waals surface area contributed by atoms with Crippen LogP contribution in [0.4, 0.5) is 0 Å². The van der Waals surface area contributed by atoms with Gasteiger partial charge in [-0.25, -0.2) is 12.5 Å². The SMILES string of the molecule is [B]C1CN(I)CC(COP(=O)(N(C)C)N2CC([B])OC(COI)C2)O1. The molecule has 8 nitrogen and oxygen atoms in total. The molecule has 0 spiro atoms. The second kappa shape index (κ2) is 10.4. The summed E-state index contributed by atoms with van der Waals surface area (Å²) >= 11 is 4.00. The van der Waals surface area contributed by atoms with E-state index in [4.69, 9.17) is 32.8 Å². The summed E-state index contributed by atoms with van der Waals surface area (Å²) in [4.78, 5) is 0. The zero-order valence-corrected chi connectivity index (χ0v) is 19.5. The predicted octanol–water partition coefficient (Wildman–Crippen LogP) is 0.780. The molecule has 0 aliphatic carbocycles. The fourth-order valence-corrected chi connectivity index (χ4v) is 6.01. The summed E-state index contributed by atoms with van der Waals surface area (Å²) in [7, 11) is 12.0. The smallest absolute Gasteiger partial charge is 0.345 e. The zero-order chi connectivity index (χ0) is 18.6. The van der Waals surface area contributed by atoms with Crippen molar-refractivity contribution < 1.29 is 21.6 Å². The van der Waals surface area contributed by atoms with Crippen molar-refractivity contribution in [3.63, 3.8) is 0 Å². The van der Waals surface area contributed by atoms with Gasteiger partial charge in [0.05, 0.1) is 25.4 Å². The Balaban J connectivity index is 2.03. The van der Waals surface area contributed by atoms with Gasteiger partial charge in [0, 0.05) is 61.1 Å². The Morgan fingerprint density at radius 2 is 1.72 bits per heavy atom. The molecule has 5 atom stereocenters. The van der Waals surface area contributed by atoms with Crippen molar-refractivity contribution in [1.82, 2.24) is 12.5 Å². The molecule has 5 unspecified atom stereocenters. The maximum atomic E-state index is 13.5. The molecule has 25 heavy (non-hydrogen) atoms. The minimum absolute atomic E-state index is 0.183. The quantitative estimate of drug-likeness (QED) is 0.186. The maximum Gasteiger partial charge on any atom is 0.345 e. The summed E-state index contributed by atoms with van der Waals surface area (Å²) in [6, 6.07) is -0.925. The Morgan fingerprint density at radius 3 is 2.28 bits per heavy atom. The Labute approximate surface area is 180 Å². The van der Waals surface area contributed by atoms with Crippen molar-refractivity contribution >= 4 is 69.2 Å². The van der Waals surface area contributed by atoms with Crippen molar-refractivity contribution in [2.24, 2.45) is 0 Å². The zero-order valence-electron chi connectivity index (χ0n) is 14.3. The highest BCUT2D eigenvalue weighted by Crippen LogP contribution is 2.53. The molecule has 0 saturated carbocycles. The summed E-state index contributed by atoms with van der Waals surface area (Å²) in [5.41, 5.74) is 0. The number of ether oxygens (including phenoxy) is 2. The first-order chi connectivity index (χ1) is 11.7. The lowest BCUT2D eigenvalue weighted by Gasteiger charge is -2.42. The number of nitrogens with zero attached hydrogens (tertiary/aromatic N) is 3. The number of hydrogen-bond acceptors (Lipinski definition) is 6. The van der Waals surface area contributed by atoms with Crippen LogP contribution in [-0.4, -0.2) is 106 Å². The molecule has 0 amide bonds. The van der Waals surface area contributed by atoms with Crippen molar-refractivity contribution in [3.8, 4) is 0 Å². The van der Waals surface area contributed by atoms with E-state index < -0.39 is 13.7 Å². The molecule has 0 aromatic rings. The molecule has 2 rings (SSSR count). The van der Waals surface area contributed by atoms with Gasteiger partial charge in [0.2, 0.25) is 0 Å². The van der Waals surface area contributed by atoms with Crippen LogP contribution < -0.4 is 0 Å². The van der Waals surface area contributed by atoms with Crippen molar-refractivity contribution in [2.75, 3.05) is 53.5 Å². The highest BCUT2D eigenvalue weighted by molar-refractivity contribution is 14.1. The molecule has 0 N–H and O–H groups in total. The average Bonchev–Trinajstić information content (AvgIpc) is 2.51. The van der Waals surface area contributed by atoms with Gasteiger partial charge in [-0.05, 0) is 14.1 Å². The van der Waals surface area contributed by atoms with E-state index in [9.17, 15) is 4.57 Å². The van der Waals surface area contributed by atoms with Crippen LogP contribution in [0.2, 0.25) is 0 Å². The van der Waals surface area contributed by atoms with Gasteiger partial charge >= 0.3 is 7.67 Å². The molecular weight excluding hydrogens is 573 g/mol. The van der Waals surface area contributed by atoms with E-state index in [0.717, 1.165) is 0 Å². The number of morpholine rings is 2. The number of halogens is 2. The molecular formula is C12H22B2I2N3O5P. The van der Waals surface area contributed by atoms with E-state index in [1.54, 1.807) is 46.4 Å². The van der Waals surface area contributed by atoms with Gasteiger partial charge in [0.25, 0.3) is 0 Å². The Bertz CT molecular complexity index is 474. The van der Waals surface area contributed by atoms with Crippen LogP contribution in [0.3, 0.4) is 0 Å². The predicted molar refractivity (Wildman–Crippen MR) is 113 cm³/mol. The van der Waals surface area contributed by atoms with E-state index in [1.807, 2.05) is 3.11 Å². The van der Waals surface area contributed by atoms with E-state index in [2.05, 4.69) is 22.9 Å². The second-order valence-electron chi connectivity index (χ2n) is 6.20. The topological polar surface area (TPSA) is 63.7 Å². The molecule has 0 aromatic carbocycles. The van der Waals surface area contributed by atoms with E-state index in [1.165, 1.54) is 0 Å². The van der Waals surface area contributed by atoms with E-state index in [-0.39, 0.29) is 24.8 Å². The molecule has 0 aromatic heterocycles. The summed E-state index contributed by atoms with van der Waals surface area (Å²) in [5.74, 6) is 0. The molecule has 2 saturated heterocycles. The van der Waals surface area contributed by atoms with Gasteiger partial charge in [-0.2, -0.15) is 0 Å². The highest BCUT2D eigenvalue weighted by Gasteiger charge is 2.41. The first-order valence-corrected chi connectivity index (χ1v) is 11.3. The van der Waals surface area contributed by atoms with Gasteiger partial charge < -0.3 is 17.1 Å². The minimum atomic E-state index is -3.26. The third kappa shape index (κ3) is 6.53. The van der Waals surface area contributed by atoms with Crippen LogP contribution in [0.25, 0.3) is 0 Å². The maximum absolute atomic E-state index is 13.5. The second-order valence-corrected chi connectivity index (χ2v) is 10.8. The van der Waals surface area contributed by atoms with Gasteiger partial charge in [-0.3, -0.25) is 4.57 Å². The summed E-state index contributed by atoms with van der Waals surface area (Å²) in [5, 5.41) is 0. The molecule has 2 aliphatic heterocycles. The van der Waals surface area contributed by atoms with Crippen LogP contribution in [0.5, 0.6) is 0 Å². The third-order valence-corrected chi connectivity index (χ3v) is 7.54. The Kier molecular flexibility index (Phi) is 9.45. The first-order valence-electron chi connectivity index (χ1n) is 7.88. The van der Waals surface area contributed by atoms with Crippen LogP contribution in [-0.2, 0) is 21.6 Å². The van der Waals surface area contributed by atoms with Crippen LogP contribution >= 0.6 is 53.5 Å². The largest absolute Gasteiger partial charge is 0.380 e. The fraction of sp³-hybridized carbons (Fsp3) is 1.00. The van der Waals surface area contributed by atoms with Gasteiger partial charge in [-0.15, -0.1) is 0 Å². The highest BCUT2D eigenvalue weighted by atomic mass is 127. The molecule has 4 radical (unpaired) electrons. The van der Waals surface area contributed by atoms with Crippen LogP contribution in [0.1, 0.15) is 0 Å². The minimum Gasteiger partial charge on any atom is -0.380 e. The molecule has 0 bridgehead atoms. The van der Waals surface area contributed by atoms with Crippen molar-refractivity contribution in [1.29, 1.82) is 0 Å². The lowest BCUT2D eigenvalue weighted by molar-refractivity contribution is -0.0545.